The summed E-state index contributed by atoms with van der Waals surface area (Å²) in [5, 5.41) is 5.17. The van der Waals surface area contributed by atoms with Crippen LogP contribution in [0, 0.1) is 0 Å². The summed E-state index contributed by atoms with van der Waals surface area (Å²) in [6.07, 6.45) is 3.90. The normalized spacial score (nSPS) is 14.4. The Hall–Kier alpha value is -3.28. The van der Waals surface area contributed by atoms with Crippen LogP contribution in [0.5, 0.6) is 17.2 Å². The number of carbonyl (C=O) groups is 2. The molecule has 1 atom stereocenters. The van der Waals surface area contributed by atoms with Gasteiger partial charge < -0.3 is 18.8 Å². The average Bonchev–Trinajstić information content (AvgIpc) is 3.34. The van der Waals surface area contributed by atoms with E-state index < -0.39 is 8.32 Å². The van der Waals surface area contributed by atoms with Gasteiger partial charge in [0.1, 0.15) is 29.0 Å². The maximum atomic E-state index is 13.0. The van der Waals surface area contributed by atoms with Crippen LogP contribution >= 0.6 is 11.3 Å². The highest BCUT2D eigenvalue weighted by molar-refractivity contribution is 7.13. The van der Waals surface area contributed by atoms with Crippen molar-refractivity contribution in [2.75, 3.05) is 25.0 Å². The summed E-state index contributed by atoms with van der Waals surface area (Å²) in [4.78, 5) is 35.6. The summed E-state index contributed by atoms with van der Waals surface area (Å²) in [5.41, 5.74) is 0.728. The third kappa shape index (κ3) is 7.43. The van der Waals surface area contributed by atoms with Crippen LogP contribution in [0.15, 0.2) is 48.1 Å². The maximum absolute atomic E-state index is 13.0. The third-order valence-electron chi connectivity index (χ3n) is 6.95. The van der Waals surface area contributed by atoms with Crippen molar-refractivity contribution in [3.8, 4) is 17.2 Å². The van der Waals surface area contributed by atoms with Gasteiger partial charge in [0.2, 0.25) is 0 Å². The molecule has 0 aliphatic carbocycles. The zero-order chi connectivity index (χ0) is 28.2. The summed E-state index contributed by atoms with van der Waals surface area (Å²) in [7, 11) is -1.94. The Kier molecular flexibility index (Phi) is 8.72. The largest absolute Gasteiger partial charge is 0.488 e. The van der Waals surface area contributed by atoms with Gasteiger partial charge in [0, 0.05) is 36.3 Å². The van der Waals surface area contributed by atoms with E-state index in [4.69, 9.17) is 13.9 Å². The minimum atomic E-state index is -1.94. The number of hydrogen-bond donors (Lipinski definition) is 1. The molecule has 2 aromatic heterocycles. The number of thiazole rings is 1. The number of pyridine rings is 1. The molecule has 11 heteroatoms. The molecule has 1 fully saturated rings. The zero-order valence-electron chi connectivity index (χ0n) is 23.3. The number of benzene rings is 1. The summed E-state index contributed by atoms with van der Waals surface area (Å²) < 4.78 is 18.5. The molecule has 1 aromatic carbocycles. The lowest BCUT2D eigenvalue weighted by molar-refractivity contribution is 0.0645. The van der Waals surface area contributed by atoms with Gasteiger partial charge in [-0.05, 0) is 55.7 Å². The van der Waals surface area contributed by atoms with Crippen molar-refractivity contribution in [2.24, 2.45) is 0 Å². The molecule has 3 aromatic rings. The van der Waals surface area contributed by atoms with Crippen LogP contribution in [0.2, 0.25) is 18.1 Å². The monoisotopic (exact) mass is 568 g/mol. The number of nitrogens with one attached hydrogen (secondary N) is 1. The first kappa shape index (κ1) is 28.7. The van der Waals surface area contributed by atoms with Crippen LogP contribution in [0.3, 0.4) is 0 Å². The molecule has 1 saturated heterocycles. The molecule has 4 rings (SSSR count). The van der Waals surface area contributed by atoms with Crippen LogP contribution in [-0.4, -0.2) is 60.8 Å². The fourth-order valence-corrected chi connectivity index (χ4v) is 5.09. The lowest BCUT2D eigenvalue weighted by Gasteiger charge is -2.36. The van der Waals surface area contributed by atoms with Crippen LogP contribution < -0.4 is 14.8 Å². The number of nitrogens with zero attached hydrogens (tertiary/aromatic N) is 3. The molecule has 2 amide bonds. The molecule has 9 nitrogen and oxygen atoms in total. The molecular formula is C28H36N4O5SSi. The Morgan fingerprint density at radius 1 is 1.10 bits per heavy atom. The molecule has 1 aliphatic heterocycles. The number of anilines is 1. The number of aromatic nitrogens is 2. The molecule has 208 valence electrons. The van der Waals surface area contributed by atoms with E-state index in [1.807, 2.05) is 6.92 Å². The van der Waals surface area contributed by atoms with E-state index in [0.29, 0.717) is 40.2 Å². The Bertz CT molecular complexity index is 1290. The Morgan fingerprint density at radius 2 is 1.85 bits per heavy atom. The van der Waals surface area contributed by atoms with E-state index in [1.165, 1.54) is 17.5 Å². The number of rotatable bonds is 10. The first-order chi connectivity index (χ1) is 18.4. The molecule has 1 aliphatic rings. The van der Waals surface area contributed by atoms with Gasteiger partial charge in [0.15, 0.2) is 13.4 Å². The van der Waals surface area contributed by atoms with Crippen molar-refractivity contribution in [3.63, 3.8) is 0 Å². The predicted octanol–water partition coefficient (Wildman–Crippen LogP) is 6.22. The van der Waals surface area contributed by atoms with Crippen molar-refractivity contribution < 1.29 is 23.5 Å². The summed E-state index contributed by atoms with van der Waals surface area (Å²) in [6.45, 7) is 14.9. The average molecular weight is 569 g/mol. The lowest BCUT2D eigenvalue weighted by Crippen LogP contribution is -2.43. The standard InChI is InChI=1S/C28H36N4O5SSi/c1-19(18-35-39(5,6)28(2,3)4)36-22-14-20(25(33)31-27-29-10-13-38-27)15-23(16-22)37-21-8-9-24(30-17-21)26(34)32-11-7-12-32/h8-10,13-17,19H,7,11-12,18H2,1-6H3,(H,29,31,33). The Labute approximate surface area is 234 Å². The van der Waals surface area contributed by atoms with Crippen LogP contribution in [0.25, 0.3) is 0 Å². The first-order valence-electron chi connectivity index (χ1n) is 13.0. The minimum Gasteiger partial charge on any atom is -0.488 e. The molecule has 0 spiro atoms. The minimum absolute atomic E-state index is 0.0850. The van der Waals surface area contributed by atoms with Crippen molar-refractivity contribution in [2.45, 2.75) is 58.4 Å². The number of likely N-dealkylation sites (tertiary alicyclic amines) is 1. The van der Waals surface area contributed by atoms with Gasteiger partial charge in [0.25, 0.3) is 11.8 Å². The van der Waals surface area contributed by atoms with E-state index in [0.717, 1.165) is 19.5 Å². The van der Waals surface area contributed by atoms with Gasteiger partial charge in [-0.2, -0.15) is 0 Å². The summed E-state index contributed by atoms with van der Waals surface area (Å²) >= 11 is 1.33. The SMILES string of the molecule is CC(CO[Si](C)(C)C(C)(C)C)Oc1cc(Oc2ccc(C(=O)N3CCC3)nc2)cc(C(=O)Nc2nccs2)c1. The molecule has 0 radical (unpaired) electrons. The smallest absolute Gasteiger partial charge is 0.272 e. The van der Waals surface area contributed by atoms with Gasteiger partial charge in [-0.1, -0.05) is 20.8 Å². The topological polar surface area (TPSA) is 103 Å². The maximum Gasteiger partial charge on any atom is 0.272 e. The second-order valence-electron chi connectivity index (χ2n) is 11.1. The van der Waals surface area contributed by atoms with Crippen molar-refractivity contribution >= 4 is 36.6 Å². The highest BCUT2D eigenvalue weighted by atomic mass is 32.1. The van der Waals surface area contributed by atoms with E-state index in [1.54, 1.807) is 46.8 Å². The van der Waals surface area contributed by atoms with Crippen molar-refractivity contribution in [1.29, 1.82) is 0 Å². The van der Waals surface area contributed by atoms with E-state index >= 15 is 0 Å². The number of ether oxygens (including phenoxy) is 2. The van der Waals surface area contributed by atoms with Crippen molar-refractivity contribution in [1.82, 2.24) is 14.9 Å². The fraction of sp³-hybridized carbons (Fsp3) is 0.429. The van der Waals surface area contributed by atoms with Crippen LogP contribution in [0.1, 0.15) is 55.0 Å². The molecule has 3 heterocycles. The van der Waals surface area contributed by atoms with Gasteiger partial charge in [0.05, 0.1) is 12.8 Å². The lowest BCUT2D eigenvalue weighted by atomic mass is 10.2. The molecule has 0 saturated carbocycles. The van der Waals surface area contributed by atoms with E-state index in [2.05, 4.69) is 49.1 Å². The van der Waals surface area contributed by atoms with Crippen LogP contribution in [-0.2, 0) is 4.43 Å². The fourth-order valence-electron chi connectivity index (χ4n) is 3.48. The zero-order valence-corrected chi connectivity index (χ0v) is 25.1. The molecule has 0 bridgehead atoms. The molecule has 1 unspecified atom stereocenters. The quantitative estimate of drug-likeness (QED) is 0.290. The summed E-state index contributed by atoms with van der Waals surface area (Å²) in [6, 6.07) is 8.37. The number of carbonyl (C=O) groups excluding carboxylic acids is 2. The van der Waals surface area contributed by atoms with Crippen LogP contribution in [0.4, 0.5) is 5.13 Å². The van der Waals surface area contributed by atoms with Gasteiger partial charge >= 0.3 is 0 Å². The highest BCUT2D eigenvalue weighted by Gasteiger charge is 2.37. The van der Waals surface area contributed by atoms with Gasteiger partial charge in [-0.3, -0.25) is 14.9 Å². The van der Waals surface area contributed by atoms with Gasteiger partial charge in [-0.15, -0.1) is 11.3 Å². The molecule has 1 N–H and O–H groups in total. The molecular weight excluding hydrogens is 532 g/mol. The predicted molar refractivity (Wildman–Crippen MR) is 155 cm³/mol. The number of hydrogen-bond acceptors (Lipinski definition) is 8. The van der Waals surface area contributed by atoms with Crippen molar-refractivity contribution in [3.05, 3.63) is 59.4 Å². The third-order valence-corrected chi connectivity index (χ3v) is 12.1. The Balaban J connectivity index is 1.51. The van der Waals surface area contributed by atoms with E-state index in [-0.39, 0.29) is 23.0 Å². The second-order valence-corrected chi connectivity index (χ2v) is 16.8. The summed E-state index contributed by atoms with van der Waals surface area (Å²) in [5.74, 6) is 0.892. The first-order valence-corrected chi connectivity index (χ1v) is 16.8. The second kappa shape index (κ2) is 11.8. The molecule has 39 heavy (non-hydrogen) atoms. The van der Waals surface area contributed by atoms with E-state index in [9.17, 15) is 9.59 Å². The highest BCUT2D eigenvalue weighted by Crippen LogP contribution is 2.37. The Morgan fingerprint density at radius 3 is 2.44 bits per heavy atom. The van der Waals surface area contributed by atoms with Gasteiger partial charge in [-0.25, -0.2) is 9.97 Å². The number of amides is 2.